The number of amides is 1. The standard InChI is InChI=1S/C16H15N3O3/c1-11-6-5-7-12(2)14(11)10-17-18-16(20)13-8-3-4-9-15(13)19(21)22/h3-10H,1-2H3,(H,18,20)/b17-10-. The molecule has 0 aliphatic heterocycles. The zero-order valence-corrected chi connectivity index (χ0v) is 12.2. The van der Waals surface area contributed by atoms with Crippen molar-refractivity contribution in [1.29, 1.82) is 0 Å². The number of nitrogens with one attached hydrogen (secondary N) is 1. The van der Waals surface area contributed by atoms with Crippen molar-refractivity contribution in [2.45, 2.75) is 13.8 Å². The van der Waals surface area contributed by atoms with Gasteiger partial charge in [0.1, 0.15) is 5.56 Å². The van der Waals surface area contributed by atoms with Crippen molar-refractivity contribution < 1.29 is 9.72 Å². The number of carbonyl (C=O) groups is 1. The molecule has 0 heterocycles. The van der Waals surface area contributed by atoms with E-state index in [1.165, 1.54) is 24.4 Å². The highest BCUT2D eigenvalue weighted by atomic mass is 16.6. The fourth-order valence-electron chi connectivity index (χ4n) is 2.07. The summed E-state index contributed by atoms with van der Waals surface area (Å²) in [5.41, 5.74) is 5.02. The number of rotatable bonds is 4. The van der Waals surface area contributed by atoms with E-state index in [0.29, 0.717) is 0 Å². The van der Waals surface area contributed by atoms with E-state index in [2.05, 4.69) is 10.5 Å². The van der Waals surface area contributed by atoms with Gasteiger partial charge in [-0.1, -0.05) is 30.3 Å². The number of hydrogen-bond acceptors (Lipinski definition) is 4. The summed E-state index contributed by atoms with van der Waals surface area (Å²) in [7, 11) is 0. The highest BCUT2D eigenvalue weighted by Gasteiger charge is 2.18. The third-order valence-electron chi connectivity index (χ3n) is 3.25. The summed E-state index contributed by atoms with van der Waals surface area (Å²) in [6.07, 6.45) is 1.54. The SMILES string of the molecule is Cc1cccc(C)c1/C=N\NC(=O)c1ccccc1[N+](=O)[O-]. The second-order valence-corrected chi connectivity index (χ2v) is 4.78. The summed E-state index contributed by atoms with van der Waals surface area (Å²) in [6, 6.07) is 11.6. The van der Waals surface area contributed by atoms with Crippen LogP contribution < -0.4 is 5.43 Å². The molecule has 0 aliphatic rings. The number of para-hydroxylation sites is 1. The van der Waals surface area contributed by atoms with Gasteiger partial charge in [0.15, 0.2) is 0 Å². The molecule has 2 rings (SSSR count). The first kappa shape index (κ1) is 15.4. The third-order valence-corrected chi connectivity index (χ3v) is 3.25. The molecule has 1 amide bonds. The van der Waals surface area contributed by atoms with E-state index in [1.807, 2.05) is 32.0 Å². The molecule has 0 aliphatic carbocycles. The number of hydrazone groups is 1. The number of aryl methyl sites for hydroxylation is 2. The molecule has 0 atom stereocenters. The van der Waals surface area contributed by atoms with E-state index in [9.17, 15) is 14.9 Å². The van der Waals surface area contributed by atoms with E-state index < -0.39 is 10.8 Å². The van der Waals surface area contributed by atoms with Crippen LogP contribution in [-0.2, 0) is 0 Å². The Morgan fingerprint density at radius 3 is 2.41 bits per heavy atom. The third kappa shape index (κ3) is 3.35. The molecule has 0 saturated carbocycles. The molecule has 112 valence electrons. The maximum Gasteiger partial charge on any atom is 0.282 e. The van der Waals surface area contributed by atoms with Crippen molar-refractivity contribution in [3.05, 3.63) is 74.8 Å². The molecule has 6 nitrogen and oxygen atoms in total. The monoisotopic (exact) mass is 297 g/mol. The van der Waals surface area contributed by atoms with Gasteiger partial charge in [-0.2, -0.15) is 5.10 Å². The van der Waals surface area contributed by atoms with Gasteiger partial charge in [-0.05, 0) is 31.0 Å². The van der Waals surface area contributed by atoms with Gasteiger partial charge in [0.2, 0.25) is 0 Å². The average Bonchev–Trinajstić information content (AvgIpc) is 2.50. The Morgan fingerprint density at radius 2 is 1.77 bits per heavy atom. The molecule has 0 aromatic heterocycles. The molecule has 0 unspecified atom stereocenters. The lowest BCUT2D eigenvalue weighted by molar-refractivity contribution is -0.385. The number of nitro benzene ring substituents is 1. The first-order valence-electron chi connectivity index (χ1n) is 6.63. The van der Waals surface area contributed by atoms with Crippen LogP contribution >= 0.6 is 0 Å². The molecule has 22 heavy (non-hydrogen) atoms. The van der Waals surface area contributed by atoms with Gasteiger partial charge in [0, 0.05) is 11.6 Å². The van der Waals surface area contributed by atoms with Crippen molar-refractivity contribution >= 4 is 17.8 Å². The number of hydrogen-bond donors (Lipinski definition) is 1. The van der Waals surface area contributed by atoms with Crippen molar-refractivity contribution in [2.75, 3.05) is 0 Å². The van der Waals surface area contributed by atoms with Crippen molar-refractivity contribution in [3.8, 4) is 0 Å². The molecule has 0 bridgehead atoms. The van der Waals surface area contributed by atoms with Crippen LogP contribution in [0.25, 0.3) is 0 Å². The van der Waals surface area contributed by atoms with Gasteiger partial charge in [-0.25, -0.2) is 5.43 Å². The quantitative estimate of drug-likeness (QED) is 0.535. The lowest BCUT2D eigenvalue weighted by Crippen LogP contribution is -2.19. The van der Waals surface area contributed by atoms with E-state index in [-0.39, 0.29) is 11.3 Å². The highest BCUT2D eigenvalue weighted by molar-refractivity contribution is 5.98. The van der Waals surface area contributed by atoms with E-state index >= 15 is 0 Å². The number of nitrogens with zero attached hydrogens (tertiary/aromatic N) is 2. The van der Waals surface area contributed by atoms with Gasteiger partial charge in [0.25, 0.3) is 11.6 Å². The Morgan fingerprint density at radius 1 is 1.14 bits per heavy atom. The molecule has 1 N–H and O–H groups in total. The first-order chi connectivity index (χ1) is 10.5. The predicted octanol–water partition coefficient (Wildman–Crippen LogP) is 2.98. The predicted molar refractivity (Wildman–Crippen MR) is 84.1 cm³/mol. The van der Waals surface area contributed by atoms with Gasteiger partial charge in [-0.15, -0.1) is 0 Å². The Hall–Kier alpha value is -3.02. The summed E-state index contributed by atoms with van der Waals surface area (Å²) in [6.45, 7) is 3.89. The Bertz CT molecular complexity index is 734. The van der Waals surface area contributed by atoms with Gasteiger partial charge in [-0.3, -0.25) is 14.9 Å². The minimum absolute atomic E-state index is 0.0221. The molecule has 0 radical (unpaired) electrons. The molecular weight excluding hydrogens is 282 g/mol. The Kier molecular flexibility index (Phi) is 4.63. The van der Waals surface area contributed by atoms with Crippen molar-refractivity contribution in [3.63, 3.8) is 0 Å². The molecular formula is C16H15N3O3. The molecule has 2 aromatic carbocycles. The van der Waals surface area contributed by atoms with E-state index in [4.69, 9.17) is 0 Å². The van der Waals surface area contributed by atoms with Crippen LogP contribution in [0.1, 0.15) is 27.0 Å². The van der Waals surface area contributed by atoms with Gasteiger partial charge in [0.05, 0.1) is 11.1 Å². The topological polar surface area (TPSA) is 84.6 Å². The normalized spacial score (nSPS) is 10.6. The summed E-state index contributed by atoms with van der Waals surface area (Å²) < 4.78 is 0. The van der Waals surface area contributed by atoms with Crippen molar-refractivity contribution in [2.24, 2.45) is 5.10 Å². The van der Waals surface area contributed by atoms with Crippen LogP contribution in [0.5, 0.6) is 0 Å². The zero-order valence-electron chi connectivity index (χ0n) is 12.2. The molecule has 0 spiro atoms. The van der Waals surface area contributed by atoms with Gasteiger partial charge >= 0.3 is 0 Å². The number of nitro groups is 1. The summed E-state index contributed by atoms with van der Waals surface area (Å²) in [4.78, 5) is 22.3. The number of carbonyl (C=O) groups excluding carboxylic acids is 1. The van der Waals surface area contributed by atoms with Crippen LogP contribution in [0.2, 0.25) is 0 Å². The molecule has 6 heteroatoms. The van der Waals surface area contributed by atoms with Crippen molar-refractivity contribution in [1.82, 2.24) is 5.43 Å². The lowest BCUT2D eigenvalue weighted by atomic mass is 10.0. The van der Waals surface area contributed by atoms with Gasteiger partial charge < -0.3 is 0 Å². The first-order valence-corrected chi connectivity index (χ1v) is 6.63. The van der Waals surface area contributed by atoms with Crippen LogP contribution in [0.15, 0.2) is 47.6 Å². The van der Waals surface area contributed by atoms with Crippen LogP contribution in [-0.4, -0.2) is 17.0 Å². The summed E-state index contributed by atoms with van der Waals surface area (Å²) in [5, 5.41) is 14.8. The second kappa shape index (κ2) is 6.62. The maximum atomic E-state index is 12.0. The largest absolute Gasteiger partial charge is 0.282 e. The minimum Gasteiger partial charge on any atom is -0.267 e. The molecule has 0 saturated heterocycles. The van der Waals surface area contributed by atoms with E-state index in [1.54, 1.807) is 6.07 Å². The van der Waals surface area contributed by atoms with Crippen LogP contribution in [0.4, 0.5) is 5.69 Å². The zero-order chi connectivity index (χ0) is 16.1. The smallest absolute Gasteiger partial charge is 0.267 e. The second-order valence-electron chi connectivity index (χ2n) is 4.78. The Balaban J connectivity index is 2.17. The lowest BCUT2D eigenvalue weighted by Gasteiger charge is -2.04. The summed E-state index contributed by atoms with van der Waals surface area (Å²) >= 11 is 0. The molecule has 2 aromatic rings. The fourth-order valence-corrected chi connectivity index (χ4v) is 2.07. The number of benzene rings is 2. The van der Waals surface area contributed by atoms with E-state index in [0.717, 1.165) is 16.7 Å². The van der Waals surface area contributed by atoms with Crippen LogP contribution in [0, 0.1) is 24.0 Å². The highest BCUT2D eigenvalue weighted by Crippen LogP contribution is 2.17. The molecule has 0 fully saturated rings. The van der Waals surface area contributed by atoms with Crippen LogP contribution in [0.3, 0.4) is 0 Å². The Labute approximate surface area is 127 Å². The maximum absolute atomic E-state index is 12.0. The summed E-state index contributed by atoms with van der Waals surface area (Å²) in [5.74, 6) is -0.616. The fraction of sp³-hybridized carbons (Fsp3) is 0.125. The minimum atomic E-state index is -0.616. The average molecular weight is 297 g/mol.